The third-order valence-corrected chi connectivity index (χ3v) is 9.71. The predicted octanol–water partition coefficient (Wildman–Crippen LogP) is 7.19. The number of aromatic nitrogens is 2. The molecule has 4 N–H and O–H groups in total. The molecule has 3 aromatic carbocycles. The van der Waals surface area contributed by atoms with Crippen LogP contribution in [0.15, 0.2) is 87.4 Å². The van der Waals surface area contributed by atoms with Gasteiger partial charge in [-0.05, 0) is 91.3 Å². The van der Waals surface area contributed by atoms with Crippen LogP contribution in [0, 0.1) is 4.77 Å². The number of nitrogens with zero attached hydrogens (tertiary/aromatic N) is 3. The number of benzene rings is 3. The molecule has 2 heterocycles. The van der Waals surface area contributed by atoms with Gasteiger partial charge in [0.2, 0.25) is 14.8 Å². The third-order valence-electron chi connectivity index (χ3n) is 7.42. The SMILES string of the molecule is Nc1c2c(nc(=S)n1-c1ccc(Br)cc1)N(c1ccc(S(N)(=O)=O)cc1)C1=C(C(=O)CCC1)C2c1ccc(Cl)cc1Cl. The first-order chi connectivity index (χ1) is 20.0. The van der Waals surface area contributed by atoms with Crippen LogP contribution in [0.4, 0.5) is 17.3 Å². The maximum atomic E-state index is 13.8. The number of Topliss-reactive ketones (excluding diaryl/α,β-unsaturated/α-hetero) is 1. The Hall–Kier alpha value is -3.06. The molecule has 42 heavy (non-hydrogen) atoms. The number of nitrogens with two attached hydrogens (primary N) is 2. The van der Waals surface area contributed by atoms with Gasteiger partial charge in [-0.25, -0.2) is 18.5 Å². The van der Waals surface area contributed by atoms with E-state index in [1.165, 1.54) is 12.1 Å². The summed E-state index contributed by atoms with van der Waals surface area (Å²) in [4.78, 5) is 20.5. The quantitative estimate of drug-likeness (QED) is 0.216. The van der Waals surface area contributed by atoms with Gasteiger partial charge in [-0.2, -0.15) is 0 Å². The van der Waals surface area contributed by atoms with E-state index in [1.54, 1.807) is 34.9 Å². The van der Waals surface area contributed by atoms with Gasteiger partial charge < -0.3 is 5.73 Å². The highest BCUT2D eigenvalue weighted by Gasteiger charge is 2.42. The zero-order valence-corrected chi connectivity index (χ0v) is 26.5. The van der Waals surface area contributed by atoms with E-state index in [9.17, 15) is 13.2 Å². The summed E-state index contributed by atoms with van der Waals surface area (Å²) in [5, 5.41) is 6.19. The highest BCUT2D eigenvalue weighted by molar-refractivity contribution is 9.10. The number of nitrogen functional groups attached to an aromatic ring is 1. The number of rotatable bonds is 4. The molecular formula is C29H22BrCl2N5O3S2. The van der Waals surface area contributed by atoms with Crippen molar-refractivity contribution in [3.05, 3.63) is 108 Å². The molecule has 13 heteroatoms. The number of hydrogen-bond donors (Lipinski definition) is 2. The first-order valence-electron chi connectivity index (χ1n) is 12.8. The minimum absolute atomic E-state index is 0.0406. The molecule has 0 radical (unpaired) electrons. The van der Waals surface area contributed by atoms with Gasteiger partial charge in [0.05, 0.1) is 4.90 Å². The van der Waals surface area contributed by atoms with Gasteiger partial charge >= 0.3 is 0 Å². The highest BCUT2D eigenvalue weighted by atomic mass is 79.9. The van der Waals surface area contributed by atoms with Crippen molar-refractivity contribution in [2.24, 2.45) is 5.14 Å². The molecule has 0 spiro atoms. The zero-order chi connectivity index (χ0) is 29.9. The van der Waals surface area contributed by atoms with Gasteiger partial charge in [0.1, 0.15) is 11.6 Å². The number of anilines is 3. The summed E-state index contributed by atoms with van der Waals surface area (Å²) in [6, 6.07) is 18.7. The Morgan fingerprint density at radius 2 is 1.64 bits per heavy atom. The van der Waals surface area contributed by atoms with Crippen LogP contribution in [-0.4, -0.2) is 23.8 Å². The number of hydrogen-bond acceptors (Lipinski definition) is 7. The Bertz CT molecular complexity index is 1980. The number of primary sulfonamides is 1. The summed E-state index contributed by atoms with van der Waals surface area (Å²) >= 11 is 22.3. The molecule has 4 aromatic rings. The van der Waals surface area contributed by atoms with Gasteiger partial charge in [0, 0.05) is 55.1 Å². The van der Waals surface area contributed by atoms with Crippen molar-refractivity contribution in [1.29, 1.82) is 0 Å². The fourth-order valence-electron chi connectivity index (χ4n) is 5.61. The predicted molar refractivity (Wildman–Crippen MR) is 171 cm³/mol. The fourth-order valence-corrected chi connectivity index (χ4v) is 7.20. The molecule has 0 bridgehead atoms. The second kappa shape index (κ2) is 10.9. The largest absolute Gasteiger partial charge is 0.384 e. The van der Waals surface area contributed by atoms with E-state index in [0.717, 1.165) is 10.2 Å². The van der Waals surface area contributed by atoms with Crippen LogP contribution in [0.2, 0.25) is 10.0 Å². The van der Waals surface area contributed by atoms with Crippen molar-refractivity contribution in [3.63, 3.8) is 0 Å². The van der Waals surface area contributed by atoms with E-state index in [0.29, 0.717) is 69.0 Å². The van der Waals surface area contributed by atoms with Crippen LogP contribution in [-0.2, 0) is 14.8 Å². The standard InChI is InChI=1S/C29H22BrCl2N5O3S2/c30-15-4-7-18(8-5-15)37-27(33)26-24(20-13-6-16(31)14-21(20)32)25-22(2-1-3-23(25)38)36(28(26)35-29(37)41)17-9-11-19(12-10-17)42(34,39)40/h4-14,24H,1-3,33H2,(H2,34,39,40). The molecule has 8 nitrogen and oxygen atoms in total. The Kier molecular flexibility index (Phi) is 7.53. The van der Waals surface area contributed by atoms with Crippen molar-refractivity contribution in [2.45, 2.75) is 30.1 Å². The molecule has 1 aliphatic carbocycles. The van der Waals surface area contributed by atoms with E-state index in [1.807, 2.05) is 29.2 Å². The van der Waals surface area contributed by atoms with Crippen molar-refractivity contribution >= 4 is 84.5 Å². The zero-order valence-electron chi connectivity index (χ0n) is 21.7. The van der Waals surface area contributed by atoms with Gasteiger partial charge in [-0.3, -0.25) is 14.3 Å². The Labute approximate surface area is 265 Å². The van der Waals surface area contributed by atoms with Crippen molar-refractivity contribution in [3.8, 4) is 5.69 Å². The Morgan fingerprint density at radius 3 is 2.29 bits per heavy atom. The summed E-state index contributed by atoms with van der Waals surface area (Å²) in [5.41, 5.74) is 10.7. The molecule has 2 aliphatic rings. The van der Waals surface area contributed by atoms with Crippen molar-refractivity contribution in [1.82, 2.24) is 9.55 Å². The molecule has 6 rings (SSSR count). The number of carbonyl (C=O) groups excluding carboxylic acids is 1. The van der Waals surface area contributed by atoms with Gasteiger partial charge in [-0.1, -0.05) is 45.2 Å². The van der Waals surface area contributed by atoms with Crippen LogP contribution in [0.25, 0.3) is 5.69 Å². The molecule has 0 fully saturated rings. The number of ketones is 1. The summed E-state index contributed by atoms with van der Waals surface area (Å²) in [6.45, 7) is 0. The second-order valence-electron chi connectivity index (χ2n) is 9.94. The molecule has 0 amide bonds. The van der Waals surface area contributed by atoms with Crippen molar-refractivity contribution < 1.29 is 13.2 Å². The Balaban J connectivity index is 1.70. The van der Waals surface area contributed by atoms with Crippen LogP contribution in [0.5, 0.6) is 0 Å². The molecular weight excluding hydrogens is 681 g/mol. The lowest BCUT2D eigenvalue weighted by Gasteiger charge is -2.41. The number of fused-ring (bicyclic) bond motifs is 1. The van der Waals surface area contributed by atoms with E-state index in [4.69, 9.17) is 51.3 Å². The highest BCUT2D eigenvalue weighted by Crippen LogP contribution is 2.53. The number of carbonyl (C=O) groups is 1. The average molecular weight is 703 g/mol. The van der Waals surface area contributed by atoms with E-state index in [2.05, 4.69) is 15.9 Å². The summed E-state index contributed by atoms with van der Waals surface area (Å²) < 4.78 is 26.7. The normalized spacial score (nSPS) is 16.8. The molecule has 214 valence electrons. The second-order valence-corrected chi connectivity index (χ2v) is 13.6. The topological polar surface area (TPSA) is 124 Å². The maximum Gasteiger partial charge on any atom is 0.238 e. The van der Waals surface area contributed by atoms with E-state index in [-0.39, 0.29) is 15.4 Å². The maximum absolute atomic E-state index is 13.8. The number of halogens is 3. The summed E-state index contributed by atoms with van der Waals surface area (Å²) in [5.74, 6) is 0.0246. The van der Waals surface area contributed by atoms with Crippen LogP contribution >= 0.6 is 51.3 Å². The lowest BCUT2D eigenvalue weighted by atomic mass is 9.75. The summed E-state index contributed by atoms with van der Waals surface area (Å²) in [7, 11) is -3.92. The first kappa shape index (κ1) is 29.0. The monoisotopic (exact) mass is 701 g/mol. The van der Waals surface area contributed by atoms with Crippen molar-refractivity contribution in [2.75, 3.05) is 10.6 Å². The fraction of sp³-hybridized carbons (Fsp3) is 0.138. The van der Waals surface area contributed by atoms with Gasteiger partial charge in [-0.15, -0.1) is 0 Å². The number of sulfonamides is 1. The van der Waals surface area contributed by atoms with Crippen LogP contribution in [0.1, 0.15) is 36.3 Å². The smallest absolute Gasteiger partial charge is 0.238 e. The Morgan fingerprint density at radius 1 is 0.976 bits per heavy atom. The van der Waals surface area contributed by atoms with Crippen LogP contribution in [0.3, 0.4) is 0 Å². The molecule has 0 saturated carbocycles. The molecule has 1 atom stereocenters. The lowest BCUT2D eigenvalue weighted by Crippen LogP contribution is -2.35. The minimum Gasteiger partial charge on any atom is -0.384 e. The molecule has 1 unspecified atom stereocenters. The minimum atomic E-state index is -3.92. The first-order valence-corrected chi connectivity index (χ1v) is 16.3. The van der Waals surface area contributed by atoms with Gasteiger partial charge in [0.15, 0.2) is 5.78 Å². The molecule has 1 aromatic heterocycles. The molecule has 0 saturated heterocycles. The third kappa shape index (κ3) is 4.97. The van der Waals surface area contributed by atoms with Crippen LogP contribution < -0.4 is 15.8 Å². The molecule has 1 aliphatic heterocycles. The van der Waals surface area contributed by atoms with E-state index >= 15 is 0 Å². The number of allylic oxidation sites excluding steroid dienone is 2. The average Bonchev–Trinajstić information content (AvgIpc) is 2.93. The van der Waals surface area contributed by atoms with Gasteiger partial charge in [0.25, 0.3) is 0 Å². The summed E-state index contributed by atoms with van der Waals surface area (Å²) in [6.07, 6.45) is 1.55. The van der Waals surface area contributed by atoms with E-state index < -0.39 is 15.9 Å². The lowest BCUT2D eigenvalue weighted by molar-refractivity contribution is -0.116.